The van der Waals surface area contributed by atoms with Crippen LogP contribution in [-0.2, 0) is 0 Å². The van der Waals surface area contributed by atoms with E-state index in [1.54, 1.807) is 0 Å². The lowest BCUT2D eigenvalue weighted by molar-refractivity contribution is 0.641. The van der Waals surface area contributed by atoms with Gasteiger partial charge in [0.2, 0.25) is 6.71 Å². The maximum Gasteiger partial charge on any atom is 0.248 e. The normalized spacial score (nSPS) is 17.5. The Bertz CT molecular complexity index is 2970. The molecule has 3 aliphatic rings. The summed E-state index contributed by atoms with van der Waals surface area (Å²) < 4.78 is 49.4. The Morgan fingerprint density at radius 3 is 1.96 bits per heavy atom. The van der Waals surface area contributed by atoms with Crippen LogP contribution in [0, 0.1) is 5.41 Å². The van der Waals surface area contributed by atoms with E-state index >= 15 is 0 Å². The second kappa shape index (κ2) is 8.38. The van der Waals surface area contributed by atoms with Crippen molar-refractivity contribution in [3.63, 3.8) is 0 Å². The summed E-state index contributed by atoms with van der Waals surface area (Å²) in [5.41, 5.74) is 12.6. The van der Waals surface area contributed by atoms with Gasteiger partial charge < -0.3 is 9.13 Å². The smallest absolute Gasteiger partial charge is 0.248 e. The average Bonchev–Trinajstić information content (AvgIpc) is 3.75. The van der Waals surface area contributed by atoms with E-state index < -0.39 is 5.41 Å². The maximum atomic E-state index is 9.29. The number of benzene rings is 6. The number of allylic oxidation sites excluding steroid dienone is 4. The van der Waals surface area contributed by atoms with E-state index in [0.717, 1.165) is 44.5 Å². The highest BCUT2D eigenvalue weighted by Crippen LogP contribution is 2.60. The molecule has 2 aliphatic heterocycles. The molecule has 0 amide bonds. The highest BCUT2D eigenvalue weighted by molar-refractivity contribution is 6.97. The van der Waals surface area contributed by atoms with Gasteiger partial charge in [-0.15, -0.1) is 0 Å². The Balaban J connectivity index is 1.41. The highest BCUT2D eigenvalue weighted by atomic mass is 15.0. The average molecular weight is 590 g/mol. The fourth-order valence-corrected chi connectivity index (χ4v) is 9.18. The molecule has 0 radical (unpaired) electrons. The van der Waals surface area contributed by atoms with Crippen LogP contribution in [0.4, 0.5) is 0 Å². The van der Waals surface area contributed by atoms with Crippen molar-refractivity contribution in [3.05, 3.63) is 156 Å². The first-order valence-corrected chi connectivity index (χ1v) is 15.9. The lowest BCUT2D eigenvalue weighted by atomic mass is 9.30. The van der Waals surface area contributed by atoms with Gasteiger partial charge in [-0.1, -0.05) is 134 Å². The molecule has 0 bridgehead atoms. The third-order valence-electron chi connectivity index (χ3n) is 10.8. The number of nitrogens with zero attached hydrogens (tertiary/aromatic N) is 2. The van der Waals surface area contributed by atoms with Crippen LogP contribution in [0.2, 0.25) is 0 Å². The Morgan fingerprint density at radius 2 is 1.22 bits per heavy atom. The highest BCUT2D eigenvalue weighted by Gasteiger charge is 2.52. The van der Waals surface area contributed by atoms with Crippen LogP contribution in [0.25, 0.3) is 66.1 Å². The second-order valence-electron chi connectivity index (χ2n) is 13.3. The molecule has 0 atom stereocenters. The van der Waals surface area contributed by atoms with Gasteiger partial charge in [-0.25, -0.2) is 0 Å². The van der Waals surface area contributed by atoms with Gasteiger partial charge in [0.05, 0.1) is 28.9 Å². The van der Waals surface area contributed by atoms with Gasteiger partial charge in [0.1, 0.15) is 0 Å². The number of para-hydroxylation sites is 3. The minimum Gasteiger partial charge on any atom is -0.310 e. The largest absolute Gasteiger partial charge is 0.310 e. The van der Waals surface area contributed by atoms with Crippen LogP contribution in [0.3, 0.4) is 0 Å². The molecule has 2 nitrogen and oxygen atoms in total. The number of aromatic nitrogens is 2. The van der Waals surface area contributed by atoms with Crippen molar-refractivity contribution in [2.75, 3.05) is 0 Å². The zero-order chi connectivity index (χ0) is 34.7. The predicted molar refractivity (Wildman–Crippen MR) is 195 cm³/mol. The zero-order valence-corrected chi connectivity index (χ0v) is 25.4. The SMILES string of the molecule is [2H]c1c([2H])c([2H])c(C2=C(c3ccccc3)C3=C(B4c5ccccc5-n5c6ccccc6c6cc7c8ccccc8n3c7c4c65)C2(C)C)c([2H])c1[2H]. The van der Waals surface area contributed by atoms with Gasteiger partial charge in [-0.2, -0.15) is 0 Å². The molecule has 0 fully saturated rings. The molecule has 0 spiro atoms. The van der Waals surface area contributed by atoms with Crippen molar-refractivity contribution in [2.45, 2.75) is 13.8 Å². The number of hydrogen-bond acceptors (Lipinski definition) is 0. The summed E-state index contributed by atoms with van der Waals surface area (Å²) in [4.78, 5) is 0. The van der Waals surface area contributed by atoms with Gasteiger partial charge in [0.15, 0.2) is 0 Å². The van der Waals surface area contributed by atoms with Crippen LogP contribution in [0.1, 0.15) is 31.8 Å². The molecule has 11 rings (SSSR count). The van der Waals surface area contributed by atoms with Crippen molar-refractivity contribution < 1.29 is 6.85 Å². The zero-order valence-electron chi connectivity index (χ0n) is 30.4. The van der Waals surface area contributed by atoms with Crippen molar-refractivity contribution >= 4 is 78.1 Å². The summed E-state index contributed by atoms with van der Waals surface area (Å²) in [6.07, 6.45) is 0. The first-order chi connectivity index (χ1) is 24.7. The van der Waals surface area contributed by atoms with E-state index in [2.05, 4.69) is 114 Å². The van der Waals surface area contributed by atoms with Crippen molar-refractivity contribution in [1.29, 1.82) is 0 Å². The molecule has 46 heavy (non-hydrogen) atoms. The van der Waals surface area contributed by atoms with Crippen molar-refractivity contribution in [2.24, 2.45) is 5.41 Å². The predicted octanol–water partition coefficient (Wildman–Crippen LogP) is 9.23. The van der Waals surface area contributed by atoms with E-state index in [-0.39, 0.29) is 42.5 Å². The third-order valence-corrected chi connectivity index (χ3v) is 10.8. The van der Waals surface area contributed by atoms with E-state index in [0.29, 0.717) is 0 Å². The molecule has 0 saturated heterocycles. The topological polar surface area (TPSA) is 9.86 Å². The van der Waals surface area contributed by atoms with Gasteiger partial charge in [-0.05, 0) is 51.9 Å². The second-order valence-corrected chi connectivity index (χ2v) is 13.3. The third kappa shape index (κ3) is 2.78. The molecule has 8 aromatic rings. The Labute approximate surface area is 274 Å². The standard InChI is InChI=1S/C43H29BN2/c1-43(2)37(27-17-7-4-8-18-27)36(26-15-5-3-6-16-26)41-42(43)44-32-21-11-14-24-35(32)45-33-22-12-9-19-28(33)30-25-31-29-20-10-13-23-34(29)46(41)40(31)38(44)39(30)45/h3-25H,1-2H3/i4D,7D,8D,17D,18D. The van der Waals surface area contributed by atoms with Crippen LogP contribution in [0.15, 0.2) is 145 Å². The van der Waals surface area contributed by atoms with Gasteiger partial charge in [-0.3, -0.25) is 0 Å². The summed E-state index contributed by atoms with van der Waals surface area (Å²) in [7, 11) is 0. The van der Waals surface area contributed by atoms with Crippen molar-refractivity contribution in [3.8, 4) is 5.69 Å². The molecule has 6 aromatic carbocycles. The molecule has 1 aliphatic carbocycles. The first kappa shape index (κ1) is 20.5. The maximum absolute atomic E-state index is 9.29. The molecule has 0 N–H and O–H groups in total. The van der Waals surface area contributed by atoms with Crippen LogP contribution in [-0.4, -0.2) is 15.8 Å². The van der Waals surface area contributed by atoms with Gasteiger partial charge in [0.25, 0.3) is 0 Å². The summed E-state index contributed by atoms with van der Waals surface area (Å²) in [5, 5.41) is 4.78. The molecule has 3 heteroatoms. The van der Waals surface area contributed by atoms with Crippen molar-refractivity contribution in [1.82, 2.24) is 9.13 Å². The quantitative estimate of drug-likeness (QED) is 0.178. The molecular formula is C43H29BN2. The number of hydrogen-bond donors (Lipinski definition) is 0. The summed E-state index contributed by atoms with van der Waals surface area (Å²) in [5.74, 6) is 0. The monoisotopic (exact) mass is 589 g/mol. The fraction of sp³-hybridized carbons (Fsp3) is 0.0698. The summed E-state index contributed by atoms with van der Waals surface area (Å²) >= 11 is 0. The molecule has 0 saturated carbocycles. The lowest BCUT2D eigenvalue weighted by Gasteiger charge is -2.38. The van der Waals surface area contributed by atoms with Crippen LogP contribution >= 0.6 is 0 Å². The van der Waals surface area contributed by atoms with Gasteiger partial charge in [0, 0.05) is 43.9 Å². The van der Waals surface area contributed by atoms with Gasteiger partial charge >= 0.3 is 0 Å². The molecule has 0 unspecified atom stereocenters. The van der Waals surface area contributed by atoms with Crippen LogP contribution in [0.5, 0.6) is 0 Å². The molecule has 214 valence electrons. The van der Waals surface area contributed by atoms with Crippen LogP contribution < -0.4 is 10.9 Å². The fourth-order valence-electron chi connectivity index (χ4n) is 9.18. The molecule has 4 heterocycles. The molecule has 2 aromatic heterocycles. The number of rotatable bonds is 2. The van der Waals surface area contributed by atoms with E-state index in [9.17, 15) is 2.74 Å². The lowest BCUT2D eigenvalue weighted by Crippen LogP contribution is -2.54. The first-order valence-electron chi connectivity index (χ1n) is 18.4. The minimum absolute atomic E-state index is 0.146. The van der Waals surface area contributed by atoms with E-state index in [1.807, 2.05) is 18.2 Å². The minimum atomic E-state index is -0.752. The Hall–Kier alpha value is -5.54. The molecular weight excluding hydrogens is 555 g/mol. The summed E-state index contributed by atoms with van der Waals surface area (Å²) in [6, 6.07) is 37.2. The van der Waals surface area contributed by atoms with E-state index in [1.165, 1.54) is 43.6 Å². The Morgan fingerprint density at radius 1 is 0.609 bits per heavy atom. The number of fused-ring (bicyclic) bond motifs is 11. The Kier molecular flexibility index (Phi) is 3.73. The summed E-state index contributed by atoms with van der Waals surface area (Å²) in [6.45, 7) is 4.23. The van der Waals surface area contributed by atoms with E-state index in [4.69, 9.17) is 4.11 Å².